The molecule has 1 heterocycles. The zero-order valence-electron chi connectivity index (χ0n) is 12.3. The fourth-order valence-electron chi connectivity index (χ4n) is 2.28. The number of hydrogen-bond acceptors (Lipinski definition) is 4. The van der Waals surface area contributed by atoms with Gasteiger partial charge in [0.25, 0.3) is 0 Å². The molecule has 1 aromatic carbocycles. The second-order valence-corrected chi connectivity index (χ2v) is 7.46. The molecular weight excluding hydrogens is 312 g/mol. The van der Waals surface area contributed by atoms with E-state index >= 15 is 0 Å². The van der Waals surface area contributed by atoms with E-state index in [1.54, 1.807) is 19.2 Å². The van der Waals surface area contributed by atoms with E-state index in [0.29, 0.717) is 26.2 Å². The molecule has 1 unspecified atom stereocenters. The van der Waals surface area contributed by atoms with Gasteiger partial charge in [-0.1, -0.05) is 24.6 Å². The molecule has 0 spiro atoms. The fourth-order valence-corrected chi connectivity index (χ4v) is 4.18. The van der Waals surface area contributed by atoms with Crippen molar-refractivity contribution in [2.24, 2.45) is 0 Å². The molecular formula is C14H21ClN2O3S. The summed E-state index contributed by atoms with van der Waals surface area (Å²) >= 11 is 6.11. The number of nitrogens with zero attached hydrogens (tertiary/aromatic N) is 1. The standard InChI is InChI=1S/C14H21ClN2O3S/c1-3-16-9-11-4-5-13(15)14(8-11)21(18,19)17(2)12-6-7-20-10-12/h4-5,8,12,16H,3,6-7,9-10H2,1-2H3. The Morgan fingerprint density at radius 3 is 2.86 bits per heavy atom. The summed E-state index contributed by atoms with van der Waals surface area (Å²) in [5, 5.41) is 3.43. The first-order valence-corrected chi connectivity index (χ1v) is 8.83. The Kier molecular flexibility index (Phi) is 5.62. The third-order valence-corrected chi connectivity index (χ3v) is 6.04. The molecule has 1 atom stereocenters. The first-order chi connectivity index (χ1) is 9.96. The van der Waals surface area contributed by atoms with Crippen LogP contribution in [0, 0.1) is 0 Å². The first-order valence-electron chi connectivity index (χ1n) is 7.01. The van der Waals surface area contributed by atoms with E-state index in [0.717, 1.165) is 12.1 Å². The van der Waals surface area contributed by atoms with Crippen molar-refractivity contribution in [3.05, 3.63) is 28.8 Å². The minimum Gasteiger partial charge on any atom is -0.380 e. The van der Waals surface area contributed by atoms with Crippen LogP contribution in [0.25, 0.3) is 0 Å². The molecule has 0 bridgehead atoms. The SMILES string of the molecule is CCNCc1ccc(Cl)c(S(=O)(=O)N(C)C2CCOC2)c1. The van der Waals surface area contributed by atoms with Gasteiger partial charge in [-0.3, -0.25) is 0 Å². The van der Waals surface area contributed by atoms with Gasteiger partial charge in [-0.05, 0) is 30.7 Å². The van der Waals surface area contributed by atoms with E-state index in [9.17, 15) is 8.42 Å². The summed E-state index contributed by atoms with van der Waals surface area (Å²) in [5.41, 5.74) is 0.899. The number of sulfonamides is 1. The second-order valence-electron chi connectivity index (χ2n) is 5.08. The molecule has 0 saturated carbocycles. The average molecular weight is 333 g/mol. The maximum atomic E-state index is 12.7. The number of hydrogen-bond donors (Lipinski definition) is 1. The van der Waals surface area contributed by atoms with Gasteiger partial charge in [0.05, 0.1) is 17.7 Å². The lowest BCUT2D eigenvalue weighted by Crippen LogP contribution is -2.37. The summed E-state index contributed by atoms with van der Waals surface area (Å²) in [5.74, 6) is 0. The van der Waals surface area contributed by atoms with E-state index in [-0.39, 0.29) is 16.0 Å². The summed E-state index contributed by atoms with van der Waals surface area (Å²) in [6.07, 6.45) is 0.713. The van der Waals surface area contributed by atoms with E-state index in [2.05, 4.69) is 5.32 Å². The van der Waals surface area contributed by atoms with Crippen molar-refractivity contribution in [3.8, 4) is 0 Å². The van der Waals surface area contributed by atoms with Gasteiger partial charge in [-0.2, -0.15) is 4.31 Å². The molecule has 1 aliphatic rings. The summed E-state index contributed by atoms with van der Waals surface area (Å²) < 4.78 is 32.1. The average Bonchev–Trinajstić information content (AvgIpc) is 2.99. The molecule has 1 aromatic rings. The lowest BCUT2D eigenvalue weighted by Gasteiger charge is -2.23. The smallest absolute Gasteiger partial charge is 0.244 e. The van der Waals surface area contributed by atoms with Gasteiger partial charge in [0.1, 0.15) is 4.90 Å². The van der Waals surface area contributed by atoms with Gasteiger partial charge in [-0.25, -0.2) is 8.42 Å². The number of ether oxygens (including phenoxy) is 1. The third kappa shape index (κ3) is 3.76. The Bertz CT molecular complexity index is 586. The van der Waals surface area contributed by atoms with E-state index < -0.39 is 10.0 Å². The van der Waals surface area contributed by atoms with Crippen molar-refractivity contribution in [2.45, 2.75) is 30.8 Å². The summed E-state index contributed by atoms with van der Waals surface area (Å²) in [7, 11) is -2.02. The molecule has 0 aliphatic carbocycles. The highest BCUT2D eigenvalue weighted by atomic mass is 35.5. The van der Waals surface area contributed by atoms with Crippen LogP contribution < -0.4 is 5.32 Å². The fraction of sp³-hybridized carbons (Fsp3) is 0.571. The molecule has 0 amide bonds. The monoisotopic (exact) mass is 332 g/mol. The molecule has 118 valence electrons. The lowest BCUT2D eigenvalue weighted by molar-refractivity contribution is 0.181. The Morgan fingerprint density at radius 1 is 1.48 bits per heavy atom. The maximum absolute atomic E-state index is 12.7. The maximum Gasteiger partial charge on any atom is 0.244 e. The van der Waals surface area contributed by atoms with E-state index in [1.807, 2.05) is 13.0 Å². The molecule has 2 rings (SSSR count). The summed E-state index contributed by atoms with van der Waals surface area (Å²) in [6, 6.07) is 5.00. The highest BCUT2D eigenvalue weighted by molar-refractivity contribution is 7.89. The predicted octanol–water partition coefficient (Wildman–Crippen LogP) is 1.86. The molecule has 5 nitrogen and oxygen atoms in total. The van der Waals surface area contributed by atoms with Crippen molar-refractivity contribution < 1.29 is 13.2 Å². The van der Waals surface area contributed by atoms with Crippen LogP contribution in [0.2, 0.25) is 5.02 Å². The number of likely N-dealkylation sites (N-methyl/N-ethyl adjacent to an activating group) is 1. The molecule has 0 radical (unpaired) electrons. The Labute approximate surface area is 131 Å². The summed E-state index contributed by atoms with van der Waals surface area (Å²) in [4.78, 5) is 0.161. The van der Waals surface area contributed by atoms with Crippen LogP contribution in [-0.4, -0.2) is 45.6 Å². The minimum atomic E-state index is -3.61. The van der Waals surface area contributed by atoms with E-state index in [4.69, 9.17) is 16.3 Å². The van der Waals surface area contributed by atoms with Crippen molar-refractivity contribution in [3.63, 3.8) is 0 Å². The van der Waals surface area contributed by atoms with Gasteiger partial charge in [0.2, 0.25) is 10.0 Å². The zero-order valence-corrected chi connectivity index (χ0v) is 13.9. The molecule has 7 heteroatoms. The third-order valence-electron chi connectivity index (χ3n) is 3.65. The van der Waals surface area contributed by atoms with Crippen LogP contribution in [0.1, 0.15) is 18.9 Å². The zero-order chi connectivity index (χ0) is 15.5. The van der Waals surface area contributed by atoms with Crippen LogP contribution in [0.4, 0.5) is 0 Å². The van der Waals surface area contributed by atoms with Gasteiger partial charge in [-0.15, -0.1) is 0 Å². The number of halogens is 1. The highest BCUT2D eigenvalue weighted by Gasteiger charge is 2.32. The summed E-state index contributed by atoms with van der Waals surface area (Å²) in [6.45, 7) is 4.47. The van der Waals surface area contributed by atoms with Gasteiger partial charge in [0, 0.05) is 20.2 Å². The largest absolute Gasteiger partial charge is 0.380 e. The van der Waals surface area contributed by atoms with Crippen molar-refractivity contribution in [2.75, 3.05) is 26.8 Å². The molecule has 21 heavy (non-hydrogen) atoms. The predicted molar refractivity (Wildman–Crippen MR) is 83.0 cm³/mol. The van der Waals surface area contributed by atoms with Crippen molar-refractivity contribution in [1.82, 2.24) is 9.62 Å². The molecule has 0 aromatic heterocycles. The number of nitrogens with one attached hydrogen (secondary N) is 1. The molecule has 1 N–H and O–H groups in total. The number of rotatable bonds is 6. The molecule has 1 fully saturated rings. The first kappa shape index (κ1) is 16.7. The van der Waals surface area contributed by atoms with Crippen molar-refractivity contribution in [1.29, 1.82) is 0 Å². The second kappa shape index (κ2) is 7.07. The van der Waals surface area contributed by atoms with Gasteiger partial charge in [0.15, 0.2) is 0 Å². The number of benzene rings is 1. The quantitative estimate of drug-likeness (QED) is 0.864. The van der Waals surface area contributed by atoms with E-state index in [1.165, 1.54) is 4.31 Å². The minimum absolute atomic E-state index is 0.122. The van der Waals surface area contributed by atoms with Gasteiger partial charge >= 0.3 is 0 Å². The van der Waals surface area contributed by atoms with Gasteiger partial charge < -0.3 is 10.1 Å². The van der Waals surface area contributed by atoms with Crippen LogP contribution >= 0.6 is 11.6 Å². The Morgan fingerprint density at radius 2 is 2.24 bits per heavy atom. The van der Waals surface area contributed by atoms with Crippen LogP contribution in [0.5, 0.6) is 0 Å². The normalized spacial score (nSPS) is 19.3. The lowest BCUT2D eigenvalue weighted by atomic mass is 10.2. The van der Waals surface area contributed by atoms with Crippen LogP contribution in [0.15, 0.2) is 23.1 Å². The van der Waals surface area contributed by atoms with Crippen molar-refractivity contribution >= 4 is 21.6 Å². The Hall–Kier alpha value is -0.660. The highest BCUT2D eigenvalue weighted by Crippen LogP contribution is 2.27. The Balaban J connectivity index is 2.29. The van der Waals surface area contributed by atoms with Crippen LogP contribution in [-0.2, 0) is 21.3 Å². The molecule has 1 aliphatic heterocycles. The van der Waals surface area contributed by atoms with Crippen LogP contribution in [0.3, 0.4) is 0 Å². The molecule has 1 saturated heterocycles. The topological polar surface area (TPSA) is 58.6 Å².